The molecule has 1 N–H and O–H groups in total. The number of rotatable bonds is 12. The van der Waals surface area contributed by atoms with Gasteiger partial charge in [0.25, 0.3) is 0 Å². The van der Waals surface area contributed by atoms with Crippen molar-refractivity contribution in [3.05, 3.63) is 36.0 Å². The van der Waals surface area contributed by atoms with E-state index in [1.807, 2.05) is 25.4 Å². The number of thiazole rings is 1. The second-order valence-corrected chi connectivity index (χ2v) is 10.8. The van der Waals surface area contributed by atoms with Crippen molar-refractivity contribution in [1.29, 1.82) is 0 Å². The van der Waals surface area contributed by atoms with Crippen LogP contribution >= 0.6 is 11.3 Å². The Hall–Kier alpha value is -2.69. The zero-order valence-electron chi connectivity index (χ0n) is 22.1. The number of nitrogens with one attached hydrogen (secondary N) is 1. The number of aromatic nitrogens is 5. The average Bonchev–Trinajstić information content (AvgIpc) is 3.50. The van der Waals surface area contributed by atoms with Gasteiger partial charge in [-0.2, -0.15) is 4.98 Å². The SMILES string of the molecule is CCCCCC(C)Oc1nc(C)cc(-c2cnc(Nc3cnc(CN4CCC(N(C)C)C4)cn3)s2)n1. The van der Waals surface area contributed by atoms with Crippen LogP contribution in [0.25, 0.3) is 10.6 Å². The van der Waals surface area contributed by atoms with Crippen molar-refractivity contribution in [2.24, 2.45) is 0 Å². The summed E-state index contributed by atoms with van der Waals surface area (Å²) in [6.07, 6.45) is 11.3. The van der Waals surface area contributed by atoms with Crippen LogP contribution in [0.4, 0.5) is 10.9 Å². The van der Waals surface area contributed by atoms with Crippen molar-refractivity contribution in [3.8, 4) is 16.6 Å². The molecule has 0 spiro atoms. The summed E-state index contributed by atoms with van der Waals surface area (Å²) in [5.74, 6) is 0.677. The maximum absolute atomic E-state index is 6.00. The van der Waals surface area contributed by atoms with Gasteiger partial charge in [0.15, 0.2) is 10.9 Å². The summed E-state index contributed by atoms with van der Waals surface area (Å²) in [6, 6.07) is 3.00. The van der Waals surface area contributed by atoms with E-state index in [2.05, 4.69) is 68.0 Å². The van der Waals surface area contributed by atoms with E-state index in [1.54, 1.807) is 6.20 Å². The molecule has 0 aromatic carbocycles. The Morgan fingerprint density at radius 1 is 1.17 bits per heavy atom. The summed E-state index contributed by atoms with van der Waals surface area (Å²) in [5.41, 5.74) is 2.66. The van der Waals surface area contributed by atoms with Crippen molar-refractivity contribution in [3.63, 3.8) is 0 Å². The number of aryl methyl sites for hydroxylation is 1. The van der Waals surface area contributed by atoms with E-state index < -0.39 is 0 Å². The molecule has 194 valence electrons. The topological polar surface area (TPSA) is 92.2 Å². The molecule has 2 unspecified atom stereocenters. The van der Waals surface area contributed by atoms with E-state index >= 15 is 0 Å². The van der Waals surface area contributed by atoms with Gasteiger partial charge < -0.3 is 15.0 Å². The van der Waals surface area contributed by atoms with Crippen molar-refractivity contribution in [2.75, 3.05) is 32.5 Å². The standard InChI is InChI=1S/C26H38N8OS/c1-6-7-8-9-19(3)35-25-30-18(2)12-22(31-25)23-14-29-26(36-23)32-24-15-27-20(13-28-24)16-34-11-10-21(17-34)33(4)5/h12-15,19,21H,6-11,16-17H2,1-5H3,(H,28,29,32). The van der Waals surface area contributed by atoms with Gasteiger partial charge in [0.1, 0.15) is 0 Å². The van der Waals surface area contributed by atoms with Gasteiger partial charge in [-0.25, -0.2) is 15.0 Å². The highest BCUT2D eigenvalue weighted by atomic mass is 32.1. The third-order valence-corrected chi connectivity index (χ3v) is 7.35. The number of hydrogen-bond acceptors (Lipinski definition) is 10. The summed E-state index contributed by atoms with van der Waals surface area (Å²) >= 11 is 1.52. The molecule has 0 aliphatic carbocycles. The summed E-state index contributed by atoms with van der Waals surface area (Å²) in [4.78, 5) is 28.5. The zero-order valence-corrected chi connectivity index (χ0v) is 22.9. The van der Waals surface area contributed by atoms with E-state index in [0.717, 1.165) is 59.6 Å². The molecule has 4 heterocycles. The number of likely N-dealkylation sites (tertiary alicyclic amines) is 1. The lowest BCUT2D eigenvalue weighted by Crippen LogP contribution is -2.31. The normalized spacial score (nSPS) is 17.0. The first-order chi connectivity index (χ1) is 17.4. The maximum atomic E-state index is 6.00. The molecule has 36 heavy (non-hydrogen) atoms. The summed E-state index contributed by atoms with van der Waals surface area (Å²) < 4.78 is 6.00. The van der Waals surface area contributed by atoms with Crippen molar-refractivity contribution < 1.29 is 4.74 Å². The minimum atomic E-state index is 0.0892. The first-order valence-corrected chi connectivity index (χ1v) is 13.7. The average molecular weight is 511 g/mol. The summed E-state index contributed by atoms with van der Waals surface area (Å²) in [5, 5.41) is 4.01. The van der Waals surface area contributed by atoms with Crippen LogP contribution < -0.4 is 10.1 Å². The lowest BCUT2D eigenvalue weighted by Gasteiger charge is -2.20. The third-order valence-electron chi connectivity index (χ3n) is 6.42. The zero-order chi connectivity index (χ0) is 25.5. The molecule has 0 saturated carbocycles. The fraction of sp³-hybridized carbons (Fsp3) is 0.577. The van der Waals surface area contributed by atoms with E-state index in [-0.39, 0.29) is 6.10 Å². The molecule has 1 aliphatic heterocycles. The summed E-state index contributed by atoms with van der Waals surface area (Å²) in [7, 11) is 4.29. The van der Waals surface area contributed by atoms with Crippen LogP contribution in [-0.2, 0) is 6.54 Å². The molecule has 9 nitrogen and oxygen atoms in total. The molecule has 0 amide bonds. The highest BCUT2D eigenvalue weighted by molar-refractivity contribution is 7.18. The molecule has 1 saturated heterocycles. The van der Waals surface area contributed by atoms with Gasteiger partial charge in [-0.15, -0.1) is 0 Å². The third kappa shape index (κ3) is 7.41. The Balaban J connectivity index is 1.34. The smallest absolute Gasteiger partial charge is 0.317 e. The number of nitrogens with zero attached hydrogens (tertiary/aromatic N) is 7. The van der Waals surface area contributed by atoms with Gasteiger partial charge in [0.05, 0.1) is 34.8 Å². The van der Waals surface area contributed by atoms with E-state index in [1.165, 1.54) is 30.6 Å². The van der Waals surface area contributed by atoms with Crippen molar-refractivity contribution in [1.82, 2.24) is 34.7 Å². The Labute approximate surface area is 218 Å². The summed E-state index contributed by atoms with van der Waals surface area (Å²) in [6.45, 7) is 9.24. The van der Waals surface area contributed by atoms with Gasteiger partial charge in [0.2, 0.25) is 0 Å². The quantitative estimate of drug-likeness (QED) is 0.341. The van der Waals surface area contributed by atoms with Crippen LogP contribution in [-0.4, -0.2) is 74.1 Å². The van der Waals surface area contributed by atoms with Gasteiger partial charge in [-0.1, -0.05) is 31.1 Å². The molecule has 0 radical (unpaired) electrons. The Morgan fingerprint density at radius 2 is 2.03 bits per heavy atom. The monoisotopic (exact) mass is 510 g/mol. The van der Waals surface area contributed by atoms with Crippen LogP contribution in [0, 0.1) is 6.92 Å². The Kier molecular flexibility index (Phi) is 9.17. The molecule has 0 bridgehead atoms. The molecular formula is C26H38N8OS. The number of hydrogen-bond donors (Lipinski definition) is 1. The van der Waals surface area contributed by atoms with Crippen LogP contribution in [0.1, 0.15) is 57.3 Å². The van der Waals surface area contributed by atoms with Crippen molar-refractivity contribution >= 4 is 22.3 Å². The minimum Gasteiger partial charge on any atom is -0.460 e. The first-order valence-electron chi connectivity index (χ1n) is 12.8. The van der Waals surface area contributed by atoms with Crippen LogP contribution in [0.3, 0.4) is 0 Å². The Morgan fingerprint density at radius 3 is 2.75 bits per heavy atom. The lowest BCUT2D eigenvalue weighted by atomic mass is 10.1. The predicted octanol–water partition coefficient (Wildman–Crippen LogP) is 4.93. The van der Waals surface area contributed by atoms with Gasteiger partial charge in [-0.3, -0.25) is 9.88 Å². The lowest BCUT2D eigenvalue weighted by molar-refractivity contribution is 0.189. The minimum absolute atomic E-state index is 0.0892. The molecular weight excluding hydrogens is 472 g/mol. The molecule has 3 aromatic heterocycles. The maximum Gasteiger partial charge on any atom is 0.317 e. The number of unbranched alkanes of at least 4 members (excludes halogenated alkanes) is 2. The Bertz CT molecular complexity index is 1100. The van der Waals surface area contributed by atoms with Gasteiger partial charge in [0, 0.05) is 37.6 Å². The van der Waals surface area contributed by atoms with Gasteiger partial charge >= 0.3 is 6.01 Å². The first kappa shape index (κ1) is 26.4. The fourth-order valence-corrected chi connectivity index (χ4v) is 5.09. The van der Waals surface area contributed by atoms with Crippen LogP contribution in [0.2, 0.25) is 0 Å². The molecule has 4 rings (SSSR count). The van der Waals surface area contributed by atoms with Gasteiger partial charge in [-0.05, 0) is 53.3 Å². The molecule has 1 fully saturated rings. The largest absolute Gasteiger partial charge is 0.460 e. The highest BCUT2D eigenvalue weighted by Crippen LogP contribution is 2.30. The highest BCUT2D eigenvalue weighted by Gasteiger charge is 2.24. The van der Waals surface area contributed by atoms with E-state index in [4.69, 9.17) is 4.74 Å². The van der Waals surface area contributed by atoms with Crippen LogP contribution in [0.15, 0.2) is 24.7 Å². The number of ether oxygens (including phenoxy) is 1. The van der Waals surface area contributed by atoms with Crippen LogP contribution in [0.5, 0.6) is 6.01 Å². The van der Waals surface area contributed by atoms with E-state index in [0.29, 0.717) is 17.9 Å². The molecule has 10 heteroatoms. The fourth-order valence-electron chi connectivity index (χ4n) is 4.31. The second-order valence-electron chi connectivity index (χ2n) is 9.79. The van der Waals surface area contributed by atoms with E-state index in [9.17, 15) is 0 Å². The predicted molar refractivity (Wildman–Crippen MR) is 145 cm³/mol. The van der Waals surface area contributed by atoms with Crippen molar-refractivity contribution in [2.45, 2.75) is 71.6 Å². The number of likely N-dealkylation sites (N-methyl/N-ethyl adjacent to an activating group) is 1. The molecule has 3 aromatic rings. The number of anilines is 2. The second kappa shape index (κ2) is 12.5. The molecule has 2 atom stereocenters. The molecule has 1 aliphatic rings.